The van der Waals surface area contributed by atoms with E-state index in [1.807, 2.05) is 24.3 Å². The number of hydrogen-bond donors (Lipinski definition) is 0. The van der Waals surface area contributed by atoms with Gasteiger partial charge in [-0.2, -0.15) is 0 Å². The van der Waals surface area contributed by atoms with E-state index in [9.17, 15) is 9.59 Å². The molecule has 2 aromatic rings. The van der Waals surface area contributed by atoms with E-state index in [1.54, 1.807) is 23.9 Å². The van der Waals surface area contributed by atoms with Crippen LogP contribution in [0.15, 0.2) is 54.6 Å². The number of hydrogen-bond acceptors (Lipinski definition) is 3. The second-order valence-corrected chi connectivity index (χ2v) is 9.89. The number of likely N-dealkylation sites (tertiary alicyclic amines) is 1. The predicted molar refractivity (Wildman–Crippen MR) is 127 cm³/mol. The van der Waals surface area contributed by atoms with Gasteiger partial charge in [0.1, 0.15) is 6.04 Å². The number of benzene rings is 2. The van der Waals surface area contributed by atoms with Gasteiger partial charge in [-0.05, 0) is 47.8 Å². The SMILES string of the molecule is CN(C)C(=O)[C@@H]1Cc2ccccc2N1C(=O)CCN1C[C@H]2CC[C@@H](C1)C2c1ccccc1. The molecule has 0 radical (unpaired) electrons. The van der Waals surface area contributed by atoms with Crippen LogP contribution in [-0.4, -0.2) is 61.4 Å². The number of amides is 2. The standard InChI is InChI=1S/C27H33N3O2/c1-28(2)27(32)24-16-20-10-6-7-11-23(20)30(24)25(31)14-15-29-17-21-12-13-22(18-29)26(21)19-8-4-3-5-9-19/h3-11,21-22,24,26H,12-18H2,1-2H3/t21-,22+,24-,26?/m0/s1. The molecular formula is C27H33N3O2. The van der Waals surface area contributed by atoms with Crippen LogP contribution < -0.4 is 4.90 Å². The van der Waals surface area contributed by atoms with E-state index in [1.165, 1.54) is 18.4 Å². The summed E-state index contributed by atoms with van der Waals surface area (Å²) in [6.07, 6.45) is 3.63. The minimum atomic E-state index is -0.421. The van der Waals surface area contributed by atoms with Crippen LogP contribution in [0.1, 0.15) is 36.3 Å². The summed E-state index contributed by atoms with van der Waals surface area (Å²) in [5, 5.41) is 0. The molecule has 2 fully saturated rings. The number of nitrogens with zero attached hydrogens (tertiary/aromatic N) is 3. The highest BCUT2D eigenvalue weighted by molar-refractivity contribution is 6.03. The van der Waals surface area contributed by atoms with Crippen LogP contribution in [0.4, 0.5) is 5.69 Å². The number of likely N-dealkylation sites (N-methyl/N-ethyl adjacent to an activating group) is 1. The molecule has 5 rings (SSSR count). The molecule has 3 aliphatic rings. The smallest absolute Gasteiger partial charge is 0.245 e. The van der Waals surface area contributed by atoms with Crippen molar-refractivity contribution in [2.75, 3.05) is 38.6 Å². The number of fused-ring (bicyclic) bond motifs is 3. The van der Waals surface area contributed by atoms with Crippen molar-refractivity contribution in [1.29, 1.82) is 0 Å². The van der Waals surface area contributed by atoms with Gasteiger partial charge in [-0.25, -0.2) is 0 Å². The fraction of sp³-hybridized carbons (Fsp3) is 0.481. The summed E-state index contributed by atoms with van der Waals surface area (Å²) in [5.41, 5.74) is 3.47. The van der Waals surface area contributed by atoms with E-state index in [4.69, 9.17) is 0 Å². The molecule has 2 aromatic carbocycles. The van der Waals surface area contributed by atoms with E-state index >= 15 is 0 Å². The normalized spacial score (nSPS) is 26.8. The van der Waals surface area contributed by atoms with Crippen molar-refractivity contribution in [3.63, 3.8) is 0 Å². The molecule has 1 unspecified atom stereocenters. The average Bonchev–Trinajstić information content (AvgIpc) is 3.32. The van der Waals surface area contributed by atoms with Gasteiger partial charge in [-0.15, -0.1) is 0 Å². The molecule has 4 atom stereocenters. The van der Waals surface area contributed by atoms with Gasteiger partial charge in [0.05, 0.1) is 0 Å². The molecule has 0 aromatic heterocycles. The number of para-hydroxylation sites is 1. The summed E-state index contributed by atoms with van der Waals surface area (Å²) in [5.74, 6) is 2.09. The van der Waals surface area contributed by atoms with Gasteiger partial charge in [-0.1, -0.05) is 48.5 Å². The van der Waals surface area contributed by atoms with Crippen molar-refractivity contribution >= 4 is 17.5 Å². The number of anilines is 1. The topological polar surface area (TPSA) is 43.9 Å². The molecule has 1 aliphatic carbocycles. The van der Waals surface area contributed by atoms with Crippen LogP contribution >= 0.6 is 0 Å². The molecule has 32 heavy (non-hydrogen) atoms. The molecule has 0 spiro atoms. The number of carbonyl (C=O) groups is 2. The van der Waals surface area contributed by atoms with Crippen LogP contribution in [-0.2, 0) is 16.0 Å². The van der Waals surface area contributed by atoms with E-state index in [2.05, 4.69) is 35.2 Å². The Hall–Kier alpha value is -2.66. The van der Waals surface area contributed by atoms with Crippen LogP contribution in [0.3, 0.4) is 0 Å². The first-order valence-corrected chi connectivity index (χ1v) is 11.9. The highest BCUT2D eigenvalue weighted by Crippen LogP contribution is 2.48. The maximum Gasteiger partial charge on any atom is 0.245 e. The number of piperidine rings is 1. The third-order valence-corrected chi connectivity index (χ3v) is 7.71. The molecule has 5 nitrogen and oxygen atoms in total. The molecule has 168 valence electrons. The first kappa shape index (κ1) is 21.2. The van der Waals surface area contributed by atoms with Gasteiger partial charge in [0.15, 0.2) is 0 Å². The Bertz CT molecular complexity index is 975. The largest absolute Gasteiger partial charge is 0.347 e. The van der Waals surface area contributed by atoms with E-state index in [-0.39, 0.29) is 11.8 Å². The van der Waals surface area contributed by atoms with Gasteiger partial charge < -0.3 is 9.80 Å². The van der Waals surface area contributed by atoms with Crippen molar-refractivity contribution in [1.82, 2.24) is 9.80 Å². The van der Waals surface area contributed by atoms with E-state index in [0.29, 0.717) is 30.6 Å². The Morgan fingerprint density at radius 3 is 2.28 bits per heavy atom. The lowest BCUT2D eigenvalue weighted by atomic mass is 9.80. The van der Waals surface area contributed by atoms with Crippen LogP contribution in [0.5, 0.6) is 0 Å². The van der Waals surface area contributed by atoms with E-state index < -0.39 is 6.04 Å². The third-order valence-electron chi connectivity index (χ3n) is 7.71. The molecule has 5 heteroatoms. The molecule has 1 saturated heterocycles. The summed E-state index contributed by atoms with van der Waals surface area (Å²) in [4.78, 5) is 32.1. The zero-order valence-electron chi connectivity index (χ0n) is 19.1. The Labute approximate surface area is 191 Å². The summed E-state index contributed by atoms with van der Waals surface area (Å²) >= 11 is 0. The monoisotopic (exact) mass is 431 g/mol. The Morgan fingerprint density at radius 1 is 0.938 bits per heavy atom. The van der Waals surface area contributed by atoms with Crippen molar-refractivity contribution in [3.05, 3.63) is 65.7 Å². The minimum Gasteiger partial charge on any atom is -0.347 e. The van der Waals surface area contributed by atoms with Crippen LogP contribution in [0, 0.1) is 11.8 Å². The zero-order valence-corrected chi connectivity index (χ0v) is 19.1. The fourth-order valence-electron chi connectivity index (χ4n) is 6.29. The summed E-state index contributed by atoms with van der Waals surface area (Å²) in [7, 11) is 3.53. The Balaban J connectivity index is 1.25. The van der Waals surface area contributed by atoms with Gasteiger partial charge >= 0.3 is 0 Å². The Morgan fingerprint density at radius 2 is 1.59 bits per heavy atom. The maximum atomic E-state index is 13.4. The quantitative estimate of drug-likeness (QED) is 0.727. The summed E-state index contributed by atoms with van der Waals surface area (Å²) in [6.45, 7) is 2.91. The minimum absolute atomic E-state index is 0.00345. The van der Waals surface area contributed by atoms with E-state index in [0.717, 1.165) is 30.9 Å². The average molecular weight is 432 g/mol. The second-order valence-electron chi connectivity index (χ2n) is 9.89. The zero-order chi connectivity index (χ0) is 22.2. The van der Waals surface area contributed by atoms with Crippen molar-refractivity contribution in [2.24, 2.45) is 11.8 Å². The number of rotatable bonds is 5. The lowest BCUT2D eigenvalue weighted by Gasteiger charge is -2.38. The first-order chi connectivity index (χ1) is 15.5. The van der Waals surface area contributed by atoms with Gasteiger partial charge in [-0.3, -0.25) is 14.5 Å². The molecule has 2 aliphatic heterocycles. The molecular weight excluding hydrogens is 398 g/mol. The van der Waals surface area contributed by atoms with Crippen LogP contribution in [0.2, 0.25) is 0 Å². The van der Waals surface area contributed by atoms with Crippen LogP contribution in [0.25, 0.3) is 0 Å². The molecule has 2 amide bonds. The fourth-order valence-corrected chi connectivity index (χ4v) is 6.29. The third kappa shape index (κ3) is 3.83. The van der Waals surface area contributed by atoms with Gasteiger partial charge in [0, 0.05) is 52.3 Å². The second kappa shape index (κ2) is 8.70. The summed E-state index contributed by atoms with van der Waals surface area (Å²) < 4.78 is 0. The maximum absolute atomic E-state index is 13.4. The predicted octanol–water partition coefficient (Wildman–Crippen LogP) is 3.55. The molecule has 0 N–H and O–H groups in total. The highest BCUT2D eigenvalue weighted by atomic mass is 16.2. The van der Waals surface area contributed by atoms with Crippen molar-refractivity contribution in [3.8, 4) is 0 Å². The van der Waals surface area contributed by atoms with Gasteiger partial charge in [0.2, 0.25) is 11.8 Å². The first-order valence-electron chi connectivity index (χ1n) is 11.9. The highest BCUT2D eigenvalue weighted by Gasteiger charge is 2.43. The number of carbonyl (C=O) groups excluding carboxylic acids is 2. The van der Waals surface area contributed by atoms with Gasteiger partial charge in [0.25, 0.3) is 0 Å². The van der Waals surface area contributed by atoms with Crippen molar-refractivity contribution < 1.29 is 9.59 Å². The molecule has 2 heterocycles. The Kier molecular flexibility index (Phi) is 5.76. The molecule has 1 saturated carbocycles. The lowest BCUT2D eigenvalue weighted by Crippen LogP contribution is -2.49. The van der Waals surface area contributed by atoms with Crippen molar-refractivity contribution in [2.45, 2.75) is 37.6 Å². The molecule has 2 bridgehead atoms. The summed E-state index contributed by atoms with van der Waals surface area (Å²) in [6, 6.07) is 18.5. The lowest BCUT2D eigenvalue weighted by molar-refractivity contribution is -0.132.